The van der Waals surface area contributed by atoms with Gasteiger partial charge in [-0.1, -0.05) is 0 Å². The summed E-state index contributed by atoms with van der Waals surface area (Å²) in [7, 11) is 0. The Hall–Kier alpha value is -0.422. The van der Waals surface area contributed by atoms with E-state index in [4.69, 9.17) is 3.50 Å². The van der Waals surface area contributed by atoms with Gasteiger partial charge in [0.05, 0.1) is 0 Å². The molecule has 0 atom stereocenters. The quantitative estimate of drug-likeness (QED) is 0.587. The number of benzene rings is 1. The summed E-state index contributed by atoms with van der Waals surface area (Å²) < 4.78 is 7.50. The third kappa shape index (κ3) is 5.22. The van der Waals surface area contributed by atoms with E-state index in [1.807, 2.05) is 0 Å². The van der Waals surface area contributed by atoms with Crippen LogP contribution in [0.15, 0.2) is 21.7 Å². The molecule has 0 aromatic heterocycles. The molecule has 0 N–H and O–H groups in total. The molecule has 0 saturated heterocycles. The van der Waals surface area contributed by atoms with Gasteiger partial charge in [-0.3, -0.25) is 0 Å². The Morgan fingerprint density at radius 2 is 1.47 bits per heavy atom. The fourth-order valence-electron chi connectivity index (χ4n) is 1.85. The van der Waals surface area contributed by atoms with Gasteiger partial charge in [0.2, 0.25) is 0 Å². The fourth-order valence-corrected chi connectivity index (χ4v) is 4.32. The van der Waals surface area contributed by atoms with Gasteiger partial charge in [0, 0.05) is 0 Å². The van der Waals surface area contributed by atoms with E-state index >= 15 is 0 Å². The molecule has 106 valence electrons. The molecule has 0 aliphatic carbocycles. The first-order chi connectivity index (χ1) is 8.72. The van der Waals surface area contributed by atoms with Gasteiger partial charge < -0.3 is 0 Å². The molecule has 0 unspecified atom stereocenters. The molecule has 0 aliphatic heterocycles. The van der Waals surface area contributed by atoms with Crippen LogP contribution in [0.1, 0.15) is 71.4 Å². The minimum absolute atomic E-state index is 0.304. The van der Waals surface area contributed by atoms with Crippen molar-refractivity contribution < 1.29 is 17.9 Å². The van der Waals surface area contributed by atoms with Crippen molar-refractivity contribution in [3.63, 3.8) is 0 Å². The topological polar surface area (TPSA) is 12.4 Å². The van der Waals surface area contributed by atoms with Gasteiger partial charge >= 0.3 is 127 Å². The van der Waals surface area contributed by atoms with Crippen molar-refractivity contribution >= 4 is 10.1 Å². The zero-order valence-corrected chi connectivity index (χ0v) is 16.3. The summed E-state index contributed by atoms with van der Waals surface area (Å²) in [6, 6.07) is 6.67. The summed E-state index contributed by atoms with van der Waals surface area (Å²) in [6.07, 6.45) is 0. The van der Waals surface area contributed by atoms with Crippen molar-refractivity contribution in [3.8, 4) is 0 Å². The summed E-state index contributed by atoms with van der Waals surface area (Å²) >= 11 is -0.757. The zero-order chi connectivity index (χ0) is 14.6. The average Bonchev–Trinajstić information content (AvgIpc) is 2.26. The molecule has 0 heterocycles. The van der Waals surface area contributed by atoms with Crippen LogP contribution in [0.3, 0.4) is 0 Å². The Kier molecular flexibility index (Phi) is 5.99. The summed E-state index contributed by atoms with van der Waals surface area (Å²) in [5, 5.41) is 0. The molecule has 1 aromatic rings. The number of hydrogen-bond acceptors (Lipinski definition) is 1. The monoisotopic (exact) mass is 429 g/mol. The van der Waals surface area contributed by atoms with Crippen LogP contribution < -0.4 is 0 Å². The zero-order valence-electron chi connectivity index (χ0n) is 13.3. The standard InChI is InChI=1S/C12H17N.C5H10.W/c1-8(2)10-6-5-7-11(9(3)4)12(10)13;1-5(2,3)4;/h5-9H,1-4H3;1H,2-4H3;. The molecule has 0 saturated carbocycles. The van der Waals surface area contributed by atoms with Crippen LogP contribution in [0, 0.1) is 5.41 Å². The van der Waals surface area contributed by atoms with E-state index in [2.05, 4.69) is 71.1 Å². The maximum atomic E-state index is 5.05. The van der Waals surface area contributed by atoms with Crippen molar-refractivity contribution in [2.45, 2.75) is 60.3 Å². The Morgan fingerprint density at radius 3 is 1.84 bits per heavy atom. The number of rotatable bonds is 3. The Bertz CT molecular complexity index is 460. The van der Waals surface area contributed by atoms with Crippen molar-refractivity contribution in [2.75, 3.05) is 0 Å². The van der Waals surface area contributed by atoms with Gasteiger partial charge in [-0.25, -0.2) is 0 Å². The van der Waals surface area contributed by atoms with Gasteiger partial charge in [-0.15, -0.1) is 0 Å². The molecule has 0 amide bonds. The Labute approximate surface area is 126 Å². The molecule has 0 spiro atoms. The molecule has 2 heteroatoms. The Balaban J connectivity index is 3.34. The average molecular weight is 429 g/mol. The second-order valence-electron chi connectivity index (χ2n) is 6.78. The predicted molar refractivity (Wildman–Crippen MR) is 82.2 cm³/mol. The molecular formula is C17H27NW. The summed E-state index contributed by atoms with van der Waals surface area (Å²) in [5.74, 6) is 1.09. The summed E-state index contributed by atoms with van der Waals surface area (Å²) in [5.41, 5.74) is 4.42. The third-order valence-corrected chi connectivity index (χ3v) is 6.85. The Morgan fingerprint density at radius 1 is 1.00 bits per heavy atom. The number of hydrogen-bond donors (Lipinski definition) is 0. The molecular weight excluding hydrogens is 402 g/mol. The molecule has 0 radical (unpaired) electrons. The normalized spacial score (nSPS) is 11.8. The van der Waals surface area contributed by atoms with Crippen LogP contribution in [0.5, 0.6) is 0 Å². The minimum atomic E-state index is -0.757. The van der Waals surface area contributed by atoms with Gasteiger partial charge in [0.1, 0.15) is 0 Å². The van der Waals surface area contributed by atoms with Crippen LogP contribution in [0.2, 0.25) is 0 Å². The van der Waals surface area contributed by atoms with E-state index in [1.54, 1.807) is 0 Å². The van der Waals surface area contributed by atoms with Crippen molar-refractivity contribution in [1.82, 2.24) is 0 Å². The van der Waals surface area contributed by atoms with E-state index < -0.39 is 17.9 Å². The van der Waals surface area contributed by atoms with E-state index in [9.17, 15) is 0 Å². The molecule has 1 rings (SSSR count). The second-order valence-corrected chi connectivity index (χ2v) is 9.04. The van der Waals surface area contributed by atoms with Crippen molar-refractivity contribution in [3.05, 3.63) is 29.3 Å². The van der Waals surface area contributed by atoms with Crippen molar-refractivity contribution in [2.24, 2.45) is 8.91 Å². The molecule has 1 nitrogen and oxygen atoms in total. The van der Waals surface area contributed by atoms with E-state index in [1.165, 1.54) is 16.8 Å². The van der Waals surface area contributed by atoms with Gasteiger partial charge in [-0.05, 0) is 0 Å². The van der Waals surface area contributed by atoms with E-state index in [0.29, 0.717) is 17.3 Å². The first-order valence-corrected chi connectivity index (χ1v) is 10.1. The SMILES string of the molecule is CC(C)c1cccc(C(C)C)c1[N]=[W]=[CH]C(C)(C)C. The first kappa shape index (κ1) is 16.6. The molecule has 0 aliphatic rings. The van der Waals surface area contributed by atoms with Gasteiger partial charge in [-0.2, -0.15) is 0 Å². The molecule has 0 fully saturated rings. The van der Waals surface area contributed by atoms with Crippen molar-refractivity contribution in [1.29, 1.82) is 0 Å². The van der Waals surface area contributed by atoms with Crippen LogP contribution in [-0.4, -0.2) is 4.40 Å². The third-order valence-electron chi connectivity index (χ3n) is 2.89. The van der Waals surface area contributed by atoms with Crippen LogP contribution >= 0.6 is 0 Å². The molecule has 1 aromatic carbocycles. The van der Waals surface area contributed by atoms with Crippen LogP contribution in [0.4, 0.5) is 5.69 Å². The number of nitrogens with zero attached hydrogens (tertiary/aromatic N) is 1. The first-order valence-electron chi connectivity index (χ1n) is 7.06. The fraction of sp³-hybridized carbons (Fsp3) is 0.588. The van der Waals surface area contributed by atoms with E-state index in [0.717, 1.165) is 0 Å². The maximum absolute atomic E-state index is 5.05. The summed E-state index contributed by atoms with van der Waals surface area (Å²) in [4.78, 5) is 0. The van der Waals surface area contributed by atoms with E-state index in [-0.39, 0.29) is 0 Å². The van der Waals surface area contributed by atoms with Gasteiger partial charge in [0.25, 0.3) is 0 Å². The van der Waals surface area contributed by atoms with Crippen LogP contribution in [-0.2, 0) is 17.9 Å². The second kappa shape index (κ2) is 6.84. The predicted octanol–water partition coefficient (Wildman–Crippen LogP) is 5.68. The van der Waals surface area contributed by atoms with Crippen LogP contribution in [0.25, 0.3) is 0 Å². The summed E-state index contributed by atoms with van der Waals surface area (Å²) in [6.45, 7) is 15.8. The van der Waals surface area contributed by atoms with Gasteiger partial charge in [0.15, 0.2) is 0 Å². The molecule has 19 heavy (non-hydrogen) atoms. The molecule has 0 bridgehead atoms.